The number of nitrogens with one attached hydrogen (secondary N) is 1. The second-order valence-electron chi connectivity index (χ2n) is 5.54. The fourth-order valence-electron chi connectivity index (χ4n) is 2.90. The van der Waals surface area contributed by atoms with Gasteiger partial charge in [-0.25, -0.2) is 9.18 Å². The number of urea groups is 1. The molecule has 1 N–H and O–H groups in total. The van der Waals surface area contributed by atoms with Gasteiger partial charge in [0, 0.05) is 5.56 Å². The van der Waals surface area contributed by atoms with Crippen molar-refractivity contribution < 1.29 is 18.7 Å². The Kier molecular flexibility index (Phi) is 4.88. The number of nitrogens with zero attached hydrogens (tertiary/aromatic N) is 1. The van der Waals surface area contributed by atoms with Crippen LogP contribution in [0.15, 0.2) is 59.6 Å². The molecule has 0 aromatic heterocycles. The Hall–Kier alpha value is -3.02. The molecule has 0 fully saturated rings. The largest absolute Gasteiger partial charge is 0.465 e. The average molecular weight is 340 g/mol. The van der Waals surface area contributed by atoms with Crippen LogP contribution in [0.4, 0.5) is 9.18 Å². The van der Waals surface area contributed by atoms with E-state index in [9.17, 15) is 14.0 Å². The quantitative estimate of drug-likeness (QED) is 0.869. The number of hydrogen-bond acceptors (Lipinski definition) is 3. The van der Waals surface area contributed by atoms with E-state index in [1.54, 1.807) is 49.4 Å². The van der Waals surface area contributed by atoms with Crippen molar-refractivity contribution in [2.24, 2.45) is 10.9 Å². The zero-order valence-corrected chi connectivity index (χ0v) is 13.6. The SMILES string of the molecule is CCOC(=O)C1C(c2ccccc2)=NC(=O)NC1c1ccccc1F. The number of halogens is 1. The van der Waals surface area contributed by atoms with Gasteiger partial charge in [-0.2, -0.15) is 4.99 Å². The summed E-state index contributed by atoms with van der Waals surface area (Å²) in [5, 5.41) is 2.60. The second-order valence-corrected chi connectivity index (χ2v) is 5.54. The highest BCUT2D eigenvalue weighted by Crippen LogP contribution is 2.31. The van der Waals surface area contributed by atoms with E-state index in [4.69, 9.17) is 4.74 Å². The highest BCUT2D eigenvalue weighted by atomic mass is 19.1. The van der Waals surface area contributed by atoms with Crippen LogP contribution in [0.5, 0.6) is 0 Å². The number of esters is 1. The first-order valence-corrected chi connectivity index (χ1v) is 7.97. The smallest absolute Gasteiger partial charge is 0.341 e. The number of rotatable bonds is 4. The molecule has 0 spiro atoms. The molecule has 2 unspecified atom stereocenters. The maximum Gasteiger partial charge on any atom is 0.341 e. The summed E-state index contributed by atoms with van der Waals surface area (Å²) < 4.78 is 19.5. The van der Waals surface area contributed by atoms with Crippen LogP contribution >= 0.6 is 0 Å². The molecule has 1 aliphatic rings. The van der Waals surface area contributed by atoms with Gasteiger partial charge in [0.2, 0.25) is 0 Å². The molecule has 25 heavy (non-hydrogen) atoms. The number of benzene rings is 2. The summed E-state index contributed by atoms with van der Waals surface area (Å²) in [5.41, 5.74) is 1.12. The van der Waals surface area contributed by atoms with E-state index in [0.717, 1.165) is 0 Å². The first kappa shape index (κ1) is 16.8. The summed E-state index contributed by atoms with van der Waals surface area (Å²) in [7, 11) is 0. The van der Waals surface area contributed by atoms with Crippen LogP contribution in [-0.2, 0) is 9.53 Å². The summed E-state index contributed by atoms with van der Waals surface area (Å²) in [6.07, 6.45) is 0. The topological polar surface area (TPSA) is 67.8 Å². The summed E-state index contributed by atoms with van der Waals surface area (Å²) in [4.78, 5) is 28.7. The van der Waals surface area contributed by atoms with Crippen molar-refractivity contribution in [1.29, 1.82) is 0 Å². The first-order chi connectivity index (χ1) is 12.1. The van der Waals surface area contributed by atoms with Crippen LogP contribution in [0.1, 0.15) is 24.1 Å². The Morgan fingerprint density at radius 1 is 1.16 bits per heavy atom. The highest BCUT2D eigenvalue weighted by molar-refractivity contribution is 6.17. The Balaban J connectivity index is 2.12. The van der Waals surface area contributed by atoms with Gasteiger partial charge in [-0.15, -0.1) is 0 Å². The minimum absolute atomic E-state index is 0.176. The van der Waals surface area contributed by atoms with Crippen molar-refractivity contribution in [3.05, 3.63) is 71.5 Å². The van der Waals surface area contributed by atoms with E-state index >= 15 is 0 Å². The number of aliphatic imine (C=N–C) groups is 1. The van der Waals surface area contributed by atoms with Crippen molar-refractivity contribution in [3.63, 3.8) is 0 Å². The predicted molar refractivity (Wildman–Crippen MR) is 90.8 cm³/mol. The molecule has 3 rings (SSSR count). The van der Waals surface area contributed by atoms with Gasteiger partial charge in [0.15, 0.2) is 0 Å². The van der Waals surface area contributed by atoms with Crippen LogP contribution in [-0.4, -0.2) is 24.3 Å². The van der Waals surface area contributed by atoms with E-state index in [-0.39, 0.29) is 17.9 Å². The molecule has 5 nitrogen and oxygen atoms in total. The summed E-state index contributed by atoms with van der Waals surface area (Å²) in [6, 6.07) is 13.4. The van der Waals surface area contributed by atoms with Gasteiger partial charge in [-0.05, 0) is 18.6 Å². The Bertz CT molecular complexity index is 820. The van der Waals surface area contributed by atoms with Crippen molar-refractivity contribution in [2.75, 3.05) is 6.61 Å². The number of carbonyl (C=O) groups excluding carboxylic acids is 2. The number of hydrogen-bond donors (Lipinski definition) is 1. The van der Waals surface area contributed by atoms with E-state index in [1.165, 1.54) is 6.07 Å². The molecule has 0 aliphatic carbocycles. The molecule has 0 radical (unpaired) electrons. The third kappa shape index (κ3) is 3.42. The van der Waals surface area contributed by atoms with Gasteiger partial charge >= 0.3 is 12.0 Å². The zero-order chi connectivity index (χ0) is 17.8. The van der Waals surface area contributed by atoms with Crippen molar-refractivity contribution >= 4 is 17.7 Å². The zero-order valence-electron chi connectivity index (χ0n) is 13.6. The lowest BCUT2D eigenvalue weighted by Crippen LogP contribution is -2.45. The third-order valence-electron chi connectivity index (χ3n) is 3.98. The molecule has 0 saturated carbocycles. The fraction of sp³-hybridized carbons (Fsp3) is 0.211. The van der Waals surface area contributed by atoms with Gasteiger partial charge in [-0.3, -0.25) is 4.79 Å². The molecule has 2 aromatic carbocycles. The molecule has 1 aliphatic heterocycles. The number of amides is 2. The van der Waals surface area contributed by atoms with Crippen molar-refractivity contribution in [1.82, 2.24) is 5.32 Å². The Morgan fingerprint density at radius 2 is 1.84 bits per heavy atom. The lowest BCUT2D eigenvalue weighted by atomic mass is 9.84. The number of carbonyl (C=O) groups is 2. The van der Waals surface area contributed by atoms with Crippen LogP contribution in [0.25, 0.3) is 0 Å². The highest BCUT2D eigenvalue weighted by Gasteiger charge is 2.41. The van der Waals surface area contributed by atoms with Crippen molar-refractivity contribution in [2.45, 2.75) is 13.0 Å². The Morgan fingerprint density at radius 3 is 2.52 bits per heavy atom. The fourth-order valence-corrected chi connectivity index (χ4v) is 2.90. The van der Waals surface area contributed by atoms with E-state index in [1.807, 2.05) is 6.07 Å². The molecule has 2 atom stereocenters. The molecule has 2 amide bonds. The van der Waals surface area contributed by atoms with Crippen LogP contribution in [0.3, 0.4) is 0 Å². The molecular formula is C19H17FN2O3. The normalized spacial score (nSPS) is 19.8. The van der Waals surface area contributed by atoms with E-state index in [2.05, 4.69) is 10.3 Å². The van der Waals surface area contributed by atoms with Crippen LogP contribution in [0, 0.1) is 11.7 Å². The Labute approximate surface area is 144 Å². The summed E-state index contributed by atoms with van der Waals surface area (Å²) >= 11 is 0. The van der Waals surface area contributed by atoms with Gasteiger partial charge in [0.1, 0.15) is 11.7 Å². The van der Waals surface area contributed by atoms with Gasteiger partial charge in [-0.1, -0.05) is 48.5 Å². The predicted octanol–water partition coefficient (Wildman–Crippen LogP) is 3.26. The molecule has 2 aromatic rings. The minimum Gasteiger partial charge on any atom is -0.465 e. The van der Waals surface area contributed by atoms with E-state index < -0.39 is 29.8 Å². The molecule has 6 heteroatoms. The monoisotopic (exact) mass is 340 g/mol. The van der Waals surface area contributed by atoms with Gasteiger partial charge in [0.05, 0.1) is 18.4 Å². The lowest BCUT2D eigenvalue weighted by Gasteiger charge is -2.31. The molecule has 0 bridgehead atoms. The van der Waals surface area contributed by atoms with Gasteiger partial charge in [0.25, 0.3) is 0 Å². The lowest BCUT2D eigenvalue weighted by molar-refractivity contribution is -0.146. The van der Waals surface area contributed by atoms with E-state index in [0.29, 0.717) is 5.56 Å². The average Bonchev–Trinajstić information content (AvgIpc) is 2.62. The summed E-state index contributed by atoms with van der Waals surface area (Å²) in [6.45, 7) is 1.87. The molecule has 0 saturated heterocycles. The standard InChI is InChI=1S/C19H17FN2O3/c1-2-25-18(23)15-16(12-8-4-3-5-9-12)21-19(24)22-17(15)13-10-6-7-11-14(13)20/h3-11,15,17H,2H2,1H3,(H,22,24). The molecule has 1 heterocycles. The molecule has 128 valence electrons. The minimum atomic E-state index is -0.933. The van der Waals surface area contributed by atoms with Crippen molar-refractivity contribution in [3.8, 4) is 0 Å². The maximum absolute atomic E-state index is 14.3. The second kappa shape index (κ2) is 7.25. The van der Waals surface area contributed by atoms with Crippen LogP contribution < -0.4 is 5.32 Å². The maximum atomic E-state index is 14.3. The molecular weight excluding hydrogens is 323 g/mol. The number of ether oxygens (including phenoxy) is 1. The third-order valence-corrected chi connectivity index (χ3v) is 3.98. The van der Waals surface area contributed by atoms with Crippen LogP contribution in [0.2, 0.25) is 0 Å². The first-order valence-electron chi connectivity index (χ1n) is 7.97. The van der Waals surface area contributed by atoms with Gasteiger partial charge < -0.3 is 10.1 Å². The summed E-state index contributed by atoms with van der Waals surface area (Å²) in [5.74, 6) is -1.99.